The molecular formula is C14H20ClNO2. The third-order valence-corrected chi connectivity index (χ3v) is 3.26. The van der Waals surface area contributed by atoms with Crippen LogP contribution >= 0.6 is 11.6 Å². The number of methoxy groups -OCH3 is 1. The van der Waals surface area contributed by atoms with Gasteiger partial charge in [0.05, 0.1) is 13.5 Å². The Labute approximate surface area is 114 Å². The molecule has 0 N–H and O–H groups in total. The van der Waals surface area contributed by atoms with Crippen LogP contribution in [-0.4, -0.2) is 31.1 Å². The lowest BCUT2D eigenvalue weighted by Gasteiger charge is -2.20. The summed E-state index contributed by atoms with van der Waals surface area (Å²) >= 11 is 6.20. The number of carbonyl (C=O) groups is 1. The van der Waals surface area contributed by atoms with E-state index in [1.54, 1.807) is 0 Å². The van der Waals surface area contributed by atoms with Gasteiger partial charge < -0.3 is 4.74 Å². The van der Waals surface area contributed by atoms with Crippen LogP contribution in [0.3, 0.4) is 0 Å². The predicted octanol–water partition coefficient (Wildman–Crippen LogP) is 3.03. The van der Waals surface area contributed by atoms with E-state index in [0.717, 1.165) is 29.2 Å². The van der Waals surface area contributed by atoms with Gasteiger partial charge in [0.1, 0.15) is 0 Å². The molecule has 1 rings (SSSR count). The zero-order chi connectivity index (χ0) is 13.5. The van der Waals surface area contributed by atoms with E-state index in [1.165, 1.54) is 7.11 Å². The fourth-order valence-corrected chi connectivity index (χ4v) is 2.02. The molecule has 0 fully saturated rings. The average molecular weight is 270 g/mol. The first-order chi connectivity index (χ1) is 8.56. The lowest BCUT2D eigenvalue weighted by atomic mass is 10.1. The van der Waals surface area contributed by atoms with Gasteiger partial charge in [-0.15, -0.1) is 0 Å². The van der Waals surface area contributed by atoms with Crippen molar-refractivity contribution in [2.75, 3.05) is 20.2 Å². The molecule has 0 atom stereocenters. The van der Waals surface area contributed by atoms with E-state index >= 15 is 0 Å². The van der Waals surface area contributed by atoms with Gasteiger partial charge in [0.25, 0.3) is 0 Å². The van der Waals surface area contributed by atoms with Gasteiger partial charge in [-0.1, -0.05) is 30.7 Å². The van der Waals surface area contributed by atoms with Crippen molar-refractivity contribution in [2.24, 2.45) is 0 Å². The zero-order valence-electron chi connectivity index (χ0n) is 11.2. The summed E-state index contributed by atoms with van der Waals surface area (Å²) in [6.07, 6.45) is 0.411. The van der Waals surface area contributed by atoms with Gasteiger partial charge in [0, 0.05) is 18.1 Å². The molecule has 0 amide bonds. The van der Waals surface area contributed by atoms with Crippen LogP contribution in [0.4, 0.5) is 0 Å². The van der Waals surface area contributed by atoms with Crippen LogP contribution < -0.4 is 0 Å². The quantitative estimate of drug-likeness (QED) is 0.744. The van der Waals surface area contributed by atoms with Crippen LogP contribution in [0.5, 0.6) is 0 Å². The summed E-state index contributed by atoms with van der Waals surface area (Å²) < 4.78 is 4.64. The summed E-state index contributed by atoms with van der Waals surface area (Å²) in [4.78, 5) is 13.3. The number of hydrogen-bond donors (Lipinski definition) is 0. The predicted molar refractivity (Wildman–Crippen MR) is 73.8 cm³/mol. The number of hydrogen-bond acceptors (Lipinski definition) is 3. The zero-order valence-corrected chi connectivity index (χ0v) is 12.0. The van der Waals surface area contributed by atoms with Crippen LogP contribution in [0.25, 0.3) is 0 Å². The molecule has 0 saturated carbocycles. The van der Waals surface area contributed by atoms with Crippen molar-refractivity contribution in [2.45, 2.75) is 26.8 Å². The maximum Gasteiger partial charge on any atom is 0.306 e. The van der Waals surface area contributed by atoms with Crippen LogP contribution in [0.15, 0.2) is 18.2 Å². The first-order valence-corrected chi connectivity index (χ1v) is 6.48. The van der Waals surface area contributed by atoms with Gasteiger partial charge in [0.2, 0.25) is 0 Å². The van der Waals surface area contributed by atoms with Gasteiger partial charge in [-0.25, -0.2) is 0 Å². The number of carbonyl (C=O) groups excluding carboxylic acids is 1. The summed E-state index contributed by atoms with van der Waals surface area (Å²) in [6, 6.07) is 6.05. The Morgan fingerprint density at radius 2 is 2.17 bits per heavy atom. The third kappa shape index (κ3) is 4.67. The van der Waals surface area contributed by atoms with Crippen LogP contribution in [0.2, 0.25) is 5.02 Å². The molecule has 0 radical (unpaired) electrons. The van der Waals surface area contributed by atoms with Crippen molar-refractivity contribution < 1.29 is 9.53 Å². The highest BCUT2D eigenvalue weighted by atomic mass is 35.5. The van der Waals surface area contributed by atoms with E-state index in [9.17, 15) is 4.79 Å². The standard InChI is InChI=1S/C14H20ClNO2/c1-4-16(8-7-14(17)18-3)10-12-6-5-11(2)9-13(12)15/h5-6,9H,4,7-8,10H2,1-3H3. The first-order valence-electron chi connectivity index (χ1n) is 6.11. The molecule has 0 aliphatic heterocycles. The molecule has 0 aliphatic carbocycles. The Kier molecular flexibility index (Phi) is 6.16. The maximum atomic E-state index is 11.1. The topological polar surface area (TPSA) is 29.5 Å². The number of ether oxygens (including phenoxy) is 1. The summed E-state index contributed by atoms with van der Waals surface area (Å²) in [5.41, 5.74) is 2.25. The van der Waals surface area contributed by atoms with Crippen molar-refractivity contribution in [3.8, 4) is 0 Å². The van der Waals surface area contributed by atoms with Crippen molar-refractivity contribution in [3.05, 3.63) is 34.3 Å². The molecule has 3 nitrogen and oxygen atoms in total. The van der Waals surface area contributed by atoms with E-state index in [2.05, 4.69) is 22.6 Å². The Balaban J connectivity index is 2.59. The monoisotopic (exact) mass is 269 g/mol. The number of halogens is 1. The molecule has 0 unspecified atom stereocenters. The van der Waals surface area contributed by atoms with E-state index in [1.807, 2.05) is 19.1 Å². The van der Waals surface area contributed by atoms with Gasteiger partial charge in [-0.05, 0) is 30.7 Å². The Morgan fingerprint density at radius 1 is 1.44 bits per heavy atom. The Bertz CT molecular complexity index is 407. The van der Waals surface area contributed by atoms with Crippen LogP contribution in [0.1, 0.15) is 24.5 Å². The molecule has 0 heterocycles. The number of benzene rings is 1. The van der Waals surface area contributed by atoms with Crippen LogP contribution in [-0.2, 0) is 16.1 Å². The van der Waals surface area contributed by atoms with Crippen LogP contribution in [0, 0.1) is 6.92 Å². The Morgan fingerprint density at radius 3 is 2.72 bits per heavy atom. The maximum absolute atomic E-state index is 11.1. The van der Waals surface area contributed by atoms with E-state index in [-0.39, 0.29) is 5.97 Å². The molecule has 0 saturated heterocycles. The van der Waals surface area contributed by atoms with Gasteiger partial charge in [0.15, 0.2) is 0 Å². The highest BCUT2D eigenvalue weighted by Crippen LogP contribution is 2.19. The minimum atomic E-state index is -0.177. The minimum absolute atomic E-state index is 0.177. The molecule has 1 aromatic carbocycles. The normalized spacial score (nSPS) is 10.7. The molecular weight excluding hydrogens is 250 g/mol. The summed E-state index contributed by atoms with van der Waals surface area (Å²) in [5, 5.41) is 0.784. The molecule has 0 bridgehead atoms. The summed E-state index contributed by atoms with van der Waals surface area (Å²) in [7, 11) is 1.41. The Hall–Kier alpha value is -1.06. The second-order valence-corrected chi connectivity index (χ2v) is 4.70. The number of rotatable bonds is 6. The van der Waals surface area contributed by atoms with E-state index in [0.29, 0.717) is 13.0 Å². The number of aryl methyl sites for hydroxylation is 1. The molecule has 0 aliphatic rings. The highest BCUT2D eigenvalue weighted by Gasteiger charge is 2.09. The number of nitrogens with zero attached hydrogens (tertiary/aromatic N) is 1. The van der Waals surface area contributed by atoms with E-state index < -0.39 is 0 Å². The molecule has 0 aromatic heterocycles. The molecule has 4 heteroatoms. The smallest absolute Gasteiger partial charge is 0.306 e. The SMILES string of the molecule is CCN(CCC(=O)OC)Cc1ccc(C)cc1Cl. The highest BCUT2D eigenvalue weighted by molar-refractivity contribution is 6.31. The largest absolute Gasteiger partial charge is 0.469 e. The third-order valence-electron chi connectivity index (χ3n) is 2.91. The fourth-order valence-electron chi connectivity index (χ4n) is 1.72. The fraction of sp³-hybridized carbons (Fsp3) is 0.500. The summed E-state index contributed by atoms with van der Waals surface area (Å²) in [6.45, 7) is 6.41. The second kappa shape index (κ2) is 7.39. The van der Waals surface area contributed by atoms with Gasteiger partial charge in [-0.2, -0.15) is 0 Å². The molecule has 18 heavy (non-hydrogen) atoms. The van der Waals surface area contributed by atoms with Crippen molar-refractivity contribution in [3.63, 3.8) is 0 Å². The van der Waals surface area contributed by atoms with Crippen molar-refractivity contribution >= 4 is 17.6 Å². The molecule has 100 valence electrons. The number of esters is 1. The second-order valence-electron chi connectivity index (χ2n) is 4.29. The van der Waals surface area contributed by atoms with Gasteiger partial charge in [-0.3, -0.25) is 9.69 Å². The lowest BCUT2D eigenvalue weighted by molar-refractivity contribution is -0.141. The van der Waals surface area contributed by atoms with E-state index in [4.69, 9.17) is 11.6 Å². The lowest BCUT2D eigenvalue weighted by Crippen LogP contribution is -2.26. The minimum Gasteiger partial charge on any atom is -0.469 e. The molecule has 0 spiro atoms. The van der Waals surface area contributed by atoms with Crippen molar-refractivity contribution in [1.82, 2.24) is 4.90 Å². The molecule has 1 aromatic rings. The average Bonchev–Trinajstić information content (AvgIpc) is 2.36. The summed E-state index contributed by atoms with van der Waals surface area (Å²) in [5.74, 6) is -0.177. The van der Waals surface area contributed by atoms with Gasteiger partial charge >= 0.3 is 5.97 Å². The van der Waals surface area contributed by atoms with Crippen molar-refractivity contribution in [1.29, 1.82) is 0 Å². The first kappa shape index (κ1) is 15.0.